The van der Waals surface area contributed by atoms with Gasteiger partial charge in [0.05, 0.1) is 5.69 Å². The van der Waals surface area contributed by atoms with E-state index in [0.29, 0.717) is 5.71 Å². The van der Waals surface area contributed by atoms with Gasteiger partial charge in [-0.2, -0.15) is 16.9 Å². The van der Waals surface area contributed by atoms with Gasteiger partial charge in [-0.25, -0.2) is 0 Å². The van der Waals surface area contributed by atoms with Crippen molar-refractivity contribution in [1.29, 1.82) is 0 Å². The number of hydrogen-bond donors (Lipinski definition) is 2. The number of nitrogens with one attached hydrogen (secondary N) is 1. The second-order valence-corrected chi connectivity index (χ2v) is 9.01. The SMILES string of the molecule is Cc1c(CN2CCSCC2)cccc1NC(=O)C1=NN(c2ccccc2)C(C(N)=O)C1. The Hall–Kier alpha value is -2.84. The molecule has 1 atom stereocenters. The molecule has 0 saturated carbocycles. The molecule has 0 radical (unpaired) electrons. The lowest BCUT2D eigenvalue weighted by molar-refractivity contribution is -0.119. The highest BCUT2D eigenvalue weighted by molar-refractivity contribution is 7.99. The molecule has 0 spiro atoms. The quantitative estimate of drug-likeness (QED) is 0.725. The molecule has 3 N–H and O–H groups in total. The predicted molar refractivity (Wildman–Crippen MR) is 126 cm³/mol. The minimum atomic E-state index is -0.674. The maximum Gasteiger partial charge on any atom is 0.271 e. The first-order chi connectivity index (χ1) is 15.0. The number of primary amides is 1. The van der Waals surface area contributed by atoms with Gasteiger partial charge in [-0.15, -0.1) is 0 Å². The molecule has 2 aromatic carbocycles. The summed E-state index contributed by atoms with van der Waals surface area (Å²) >= 11 is 1.99. The molecule has 2 amide bonds. The maximum absolute atomic E-state index is 13.0. The molecule has 8 heteroatoms. The van der Waals surface area contributed by atoms with Crippen LogP contribution in [0.1, 0.15) is 17.5 Å². The summed E-state index contributed by atoms with van der Waals surface area (Å²) in [4.78, 5) is 27.4. The number of nitrogens with two attached hydrogens (primary N) is 1. The minimum Gasteiger partial charge on any atom is -0.368 e. The van der Waals surface area contributed by atoms with E-state index in [1.807, 2.05) is 61.2 Å². The zero-order valence-corrected chi connectivity index (χ0v) is 18.4. The summed E-state index contributed by atoms with van der Waals surface area (Å²) in [5.41, 5.74) is 9.64. The van der Waals surface area contributed by atoms with Crippen molar-refractivity contribution in [3.05, 3.63) is 59.7 Å². The van der Waals surface area contributed by atoms with Gasteiger partial charge >= 0.3 is 0 Å². The molecule has 2 heterocycles. The van der Waals surface area contributed by atoms with E-state index in [2.05, 4.69) is 21.4 Å². The number of hydrogen-bond acceptors (Lipinski definition) is 6. The second-order valence-electron chi connectivity index (χ2n) is 7.78. The van der Waals surface area contributed by atoms with Gasteiger partial charge in [-0.05, 0) is 36.2 Å². The molecular formula is C23H27N5O2S. The molecule has 1 fully saturated rings. The van der Waals surface area contributed by atoms with Crippen molar-refractivity contribution in [2.45, 2.75) is 25.9 Å². The Morgan fingerprint density at radius 2 is 1.87 bits per heavy atom. The number of nitrogens with zero attached hydrogens (tertiary/aromatic N) is 3. The molecule has 2 aliphatic heterocycles. The van der Waals surface area contributed by atoms with Crippen LogP contribution in [0.25, 0.3) is 0 Å². The second kappa shape index (κ2) is 9.53. The van der Waals surface area contributed by atoms with Crippen molar-refractivity contribution >= 4 is 40.7 Å². The highest BCUT2D eigenvalue weighted by Crippen LogP contribution is 2.26. The molecule has 0 aliphatic carbocycles. The summed E-state index contributed by atoms with van der Waals surface area (Å²) in [6.45, 7) is 5.08. The van der Waals surface area contributed by atoms with Crippen LogP contribution in [0.5, 0.6) is 0 Å². The van der Waals surface area contributed by atoms with E-state index in [0.717, 1.165) is 48.1 Å². The van der Waals surface area contributed by atoms with Crippen molar-refractivity contribution in [3.63, 3.8) is 0 Å². The number of thioether (sulfide) groups is 1. The van der Waals surface area contributed by atoms with Gasteiger partial charge in [-0.3, -0.25) is 19.5 Å². The van der Waals surface area contributed by atoms with Crippen LogP contribution < -0.4 is 16.1 Å². The number of benzene rings is 2. The third-order valence-electron chi connectivity index (χ3n) is 5.71. The molecule has 2 aliphatic rings. The first kappa shape index (κ1) is 21.4. The molecule has 1 saturated heterocycles. The van der Waals surface area contributed by atoms with Gasteiger partial charge in [-0.1, -0.05) is 30.3 Å². The summed E-state index contributed by atoms with van der Waals surface area (Å²) in [6, 6.07) is 14.6. The fourth-order valence-electron chi connectivity index (χ4n) is 3.87. The van der Waals surface area contributed by atoms with E-state index in [1.54, 1.807) is 0 Å². The fourth-order valence-corrected chi connectivity index (χ4v) is 4.85. The van der Waals surface area contributed by atoms with Crippen molar-refractivity contribution in [2.24, 2.45) is 10.8 Å². The number of rotatable bonds is 6. The Kier molecular flexibility index (Phi) is 6.58. The van der Waals surface area contributed by atoms with Crippen molar-refractivity contribution < 1.29 is 9.59 Å². The van der Waals surface area contributed by atoms with Gasteiger partial charge in [0.15, 0.2) is 0 Å². The monoisotopic (exact) mass is 437 g/mol. The molecule has 1 unspecified atom stereocenters. The van der Waals surface area contributed by atoms with Crippen molar-refractivity contribution in [3.8, 4) is 0 Å². The number of carbonyl (C=O) groups excluding carboxylic acids is 2. The smallest absolute Gasteiger partial charge is 0.271 e. The average Bonchev–Trinajstić information content (AvgIpc) is 3.24. The molecule has 7 nitrogen and oxygen atoms in total. The van der Waals surface area contributed by atoms with E-state index in [-0.39, 0.29) is 12.3 Å². The Morgan fingerprint density at radius 3 is 2.58 bits per heavy atom. The molecule has 31 heavy (non-hydrogen) atoms. The topological polar surface area (TPSA) is 91.0 Å². The van der Waals surface area contributed by atoms with Crippen LogP contribution >= 0.6 is 11.8 Å². The van der Waals surface area contributed by atoms with Crippen molar-refractivity contribution in [1.82, 2.24) is 4.90 Å². The Bertz CT molecular complexity index is 989. The maximum atomic E-state index is 13.0. The standard InChI is InChI=1S/C23H27N5O2S/c1-16-17(15-27-10-12-31-13-11-27)6-5-9-19(16)25-23(30)20-14-21(22(24)29)28(26-20)18-7-3-2-4-8-18/h2-9,21H,10-15H2,1H3,(H2,24,29)(H,25,30). The molecule has 4 rings (SSSR count). The molecular weight excluding hydrogens is 410 g/mol. The van der Waals surface area contributed by atoms with Crippen LogP contribution in [-0.4, -0.2) is 53.1 Å². The summed E-state index contributed by atoms with van der Waals surface area (Å²) in [5.74, 6) is 1.51. The zero-order valence-electron chi connectivity index (χ0n) is 17.6. The van der Waals surface area contributed by atoms with Crippen LogP contribution in [0.15, 0.2) is 53.6 Å². The lowest BCUT2D eigenvalue weighted by atomic mass is 10.1. The van der Waals surface area contributed by atoms with Crippen LogP contribution in [0.3, 0.4) is 0 Å². The first-order valence-electron chi connectivity index (χ1n) is 10.4. The lowest BCUT2D eigenvalue weighted by Gasteiger charge is -2.27. The van der Waals surface area contributed by atoms with Crippen molar-refractivity contribution in [2.75, 3.05) is 34.9 Å². The Labute approximate surface area is 186 Å². The minimum absolute atomic E-state index is 0.181. The highest BCUT2D eigenvalue weighted by Gasteiger charge is 2.35. The fraction of sp³-hybridized carbons (Fsp3) is 0.348. The van der Waals surface area contributed by atoms with Crippen LogP contribution in [-0.2, 0) is 16.1 Å². The number of carbonyl (C=O) groups is 2. The summed E-state index contributed by atoms with van der Waals surface area (Å²) < 4.78 is 0. The largest absolute Gasteiger partial charge is 0.368 e. The van der Waals surface area contributed by atoms with E-state index >= 15 is 0 Å². The van der Waals surface area contributed by atoms with Gasteiger partial charge in [0.2, 0.25) is 5.91 Å². The normalized spacial score (nSPS) is 19.2. The highest BCUT2D eigenvalue weighted by atomic mass is 32.2. The van der Waals surface area contributed by atoms with E-state index in [4.69, 9.17) is 5.73 Å². The van der Waals surface area contributed by atoms with Gasteiger partial charge in [0.25, 0.3) is 5.91 Å². The van der Waals surface area contributed by atoms with Crippen LogP contribution in [0, 0.1) is 6.92 Å². The summed E-state index contributed by atoms with van der Waals surface area (Å²) in [7, 11) is 0. The van der Waals surface area contributed by atoms with E-state index < -0.39 is 11.9 Å². The predicted octanol–water partition coefficient (Wildman–Crippen LogP) is 2.60. The third-order valence-corrected chi connectivity index (χ3v) is 6.66. The average molecular weight is 438 g/mol. The summed E-state index contributed by atoms with van der Waals surface area (Å²) in [5, 5.41) is 8.96. The summed E-state index contributed by atoms with van der Waals surface area (Å²) in [6.07, 6.45) is 0.181. The number of hydrazone groups is 1. The number of anilines is 2. The molecule has 0 bridgehead atoms. The van der Waals surface area contributed by atoms with E-state index in [9.17, 15) is 9.59 Å². The van der Waals surface area contributed by atoms with E-state index in [1.165, 1.54) is 10.6 Å². The van der Waals surface area contributed by atoms with Gasteiger partial charge < -0.3 is 11.1 Å². The van der Waals surface area contributed by atoms with Gasteiger partial charge in [0, 0.05) is 43.2 Å². The zero-order chi connectivity index (χ0) is 21.8. The molecule has 162 valence electrons. The lowest BCUT2D eigenvalue weighted by Crippen LogP contribution is -2.39. The molecule has 0 aromatic heterocycles. The van der Waals surface area contributed by atoms with Gasteiger partial charge in [0.1, 0.15) is 11.8 Å². The number of amides is 2. The Morgan fingerprint density at radius 1 is 1.13 bits per heavy atom. The molecule has 2 aromatic rings. The van der Waals surface area contributed by atoms with Crippen LogP contribution in [0.2, 0.25) is 0 Å². The first-order valence-corrected chi connectivity index (χ1v) is 11.6. The third kappa shape index (κ3) is 4.91. The van der Waals surface area contributed by atoms with Crippen LogP contribution in [0.4, 0.5) is 11.4 Å². The Balaban J connectivity index is 1.50. The number of para-hydroxylation sites is 1.